The standard InChI is InChI=1S/C11H14O3/c1-8-9(2)11(4,14-10(8)3)13-7-5-6-12/h5-7H,3H2,1-2,4H3/b7-5+/t11-/m1/s1. The Morgan fingerprint density at radius 3 is 2.57 bits per heavy atom. The molecule has 76 valence electrons. The Morgan fingerprint density at radius 1 is 1.50 bits per heavy atom. The molecule has 0 aliphatic carbocycles. The van der Waals surface area contributed by atoms with Crippen LogP contribution < -0.4 is 0 Å². The largest absolute Gasteiger partial charge is 0.456 e. The Morgan fingerprint density at radius 2 is 2.14 bits per heavy atom. The zero-order valence-corrected chi connectivity index (χ0v) is 8.66. The molecule has 0 saturated carbocycles. The number of ether oxygens (including phenoxy) is 2. The summed E-state index contributed by atoms with van der Waals surface area (Å²) in [4.78, 5) is 10.1. The highest BCUT2D eigenvalue weighted by Crippen LogP contribution is 2.37. The molecule has 0 N–H and O–H groups in total. The van der Waals surface area contributed by atoms with Gasteiger partial charge in [0.05, 0.1) is 6.26 Å². The number of hydrogen-bond donors (Lipinski definition) is 0. The van der Waals surface area contributed by atoms with Gasteiger partial charge >= 0.3 is 0 Å². The first kappa shape index (κ1) is 10.6. The molecule has 3 nitrogen and oxygen atoms in total. The van der Waals surface area contributed by atoms with Gasteiger partial charge in [-0.2, -0.15) is 0 Å². The molecular formula is C11H14O3. The predicted molar refractivity (Wildman–Crippen MR) is 53.3 cm³/mol. The number of carbonyl (C=O) groups excluding carboxylic acids is 1. The van der Waals surface area contributed by atoms with Crippen LogP contribution in [-0.2, 0) is 14.3 Å². The molecule has 1 aliphatic rings. The minimum Gasteiger partial charge on any atom is -0.456 e. The number of allylic oxidation sites excluding steroid dienone is 2. The highest BCUT2D eigenvalue weighted by Gasteiger charge is 2.38. The van der Waals surface area contributed by atoms with E-state index in [4.69, 9.17) is 9.47 Å². The van der Waals surface area contributed by atoms with Crippen molar-refractivity contribution in [3.63, 3.8) is 0 Å². The fourth-order valence-corrected chi connectivity index (χ4v) is 1.25. The Bertz CT molecular complexity index is 325. The number of carbonyl (C=O) groups is 1. The molecule has 1 rings (SSSR count). The molecule has 0 spiro atoms. The maximum Gasteiger partial charge on any atom is 0.270 e. The van der Waals surface area contributed by atoms with E-state index in [1.54, 1.807) is 6.92 Å². The summed E-state index contributed by atoms with van der Waals surface area (Å²) in [5.74, 6) is -0.203. The lowest BCUT2D eigenvalue weighted by atomic mass is 10.1. The molecule has 0 amide bonds. The number of rotatable bonds is 3. The summed E-state index contributed by atoms with van der Waals surface area (Å²) in [5, 5.41) is 0. The van der Waals surface area contributed by atoms with Crippen LogP contribution in [0, 0.1) is 0 Å². The van der Waals surface area contributed by atoms with Crippen LogP contribution in [0.5, 0.6) is 0 Å². The van der Waals surface area contributed by atoms with Crippen LogP contribution in [0.15, 0.2) is 35.8 Å². The van der Waals surface area contributed by atoms with Crippen LogP contribution in [0.3, 0.4) is 0 Å². The third-order valence-corrected chi connectivity index (χ3v) is 2.43. The van der Waals surface area contributed by atoms with Gasteiger partial charge in [-0.05, 0) is 19.4 Å². The van der Waals surface area contributed by atoms with E-state index in [2.05, 4.69) is 6.58 Å². The van der Waals surface area contributed by atoms with E-state index in [0.29, 0.717) is 12.0 Å². The second kappa shape index (κ2) is 3.70. The van der Waals surface area contributed by atoms with Gasteiger partial charge in [0.25, 0.3) is 5.79 Å². The third-order valence-electron chi connectivity index (χ3n) is 2.43. The summed E-state index contributed by atoms with van der Waals surface area (Å²) >= 11 is 0. The molecule has 3 heteroatoms. The normalized spacial score (nSPS) is 26.9. The molecule has 0 saturated heterocycles. The van der Waals surface area contributed by atoms with Crippen molar-refractivity contribution >= 4 is 6.29 Å². The molecule has 0 aromatic rings. The van der Waals surface area contributed by atoms with E-state index in [1.165, 1.54) is 12.3 Å². The molecule has 0 fully saturated rings. The second-order valence-electron chi connectivity index (χ2n) is 3.30. The molecule has 1 aliphatic heterocycles. The Kier molecular flexibility index (Phi) is 2.79. The molecule has 0 aromatic heterocycles. The van der Waals surface area contributed by atoms with Gasteiger partial charge in [0.2, 0.25) is 0 Å². The summed E-state index contributed by atoms with van der Waals surface area (Å²) in [6.07, 6.45) is 3.25. The van der Waals surface area contributed by atoms with E-state index in [0.717, 1.165) is 11.1 Å². The van der Waals surface area contributed by atoms with Gasteiger partial charge < -0.3 is 9.47 Å². The minimum atomic E-state index is -0.819. The lowest BCUT2D eigenvalue weighted by molar-refractivity contribution is -0.124. The monoisotopic (exact) mass is 194 g/mol. The topological polar surface area (TPSA) is 35.5 Å². The summed E-state index contributed by atoms with van der Waals surface area (Å²) in [6, 6.07) is 0. The first-order chi connectivity index (χ1) is 6.51. The average molecular weight is 194 g/mol. The van der Waals surface area contributed by atoms with Crippen LogP contribution in [0.4, 0.5) is 0 Å². The fourth-order valence-electron chi connectivity index (χ4n) is 1.25. The summed E-state index contributed by atoms with van der Waals surface area (Å²) in [5.41, 5.74) is 1.96. The van der Waals surface area contributed by atoms with Gasteiger partial charge in [-0.15, -0.1) is 0 Å². The maximum atomic E-state index is 10.1. The van der Waals surface area contributed by atoms with Crippen LogP contribution in [0.25, 0.3) is 0 Å². The van der Waals surface area contributed by atoms with Gasteiger partial charge in [0.15, 0.2) is 0 Å². The molecule has 0 radical (unpaired) electrons. The third kappa shape index (κ3) is 1.71. The quantitative estimate of drug-likeness (QED) is 0.393. The molecule has 0 bridgehead atoms. The zero-order chi connectivity index (χ0) is 10.8. The van der Waals surface area contributed by atoms with Gasteiger partial charge in [-0.25, -0.2) is 0 Å². The van der Waals surface area contributed by atoms with Crippen molar-refractivity contribution in [1.29, 1.82) is 0 Å². The van der Waals surface area contributed by atoms with Crippen LogP contribution in [-0.4, -0.2) is 12.1 Å². The van der Waals surface area contributed by atoms with E-state index < -0.39 is 5.79 Å². The van der Waals surface area contributed by atoms with Gasteiger partial charge in [-0.3, -0.25) is 4.79 Å². The molecular weight excluding hydrogens is 180 g/mol. The summed E-state index contributed by atoms with van der Waals surface area (Å²) in [6.45, 7) is 9.39. The zero-order valence-electron chi connectivity index (χ0n) is 8.66. The smallest absolute Gasteiger partial charge is 0.270 e. The first-order valence-corrected chi connectivity index (χ1v) is 4.35. The van der Waals surface area contributed by atoms with E-state index in [-0.39, 0.29) is 0 Å². The van der Waals surface area contributed by atoms with E-state index in [9.17, 15) is 4.79 Å². The number of aldehydes is 1. The van der Waals surface area contributed by atoms with E-state index in [1.807, 2.05) is 13.8 Å². The Labute approximate surface area is 83.7 Å². The summed E-state index contributed by atoms with van der Waals surface area (Å²) in [7, 11) is 0. The lowest BCUT2D eigenvalue weighted by Gasteiger charge is -2.24. The predicted octanol–water partition coefficient (Wildman–Crippen LogP) is 2.31. The Balaban J connectivity index is 2.83. The van der Waals surface area contributed by atoms with Gasteiger partial charge in [0.1, 0.15) is 12.0 Å². The highest BCUT2D eigenvalue weighted by molar-refractivity contribution is 5.64. The van der Waals surface area contributed by atoms with Crippen molar-refractivity contribution in [3.05, 3.63) is 35.8 Å². The van der Waals surface area contributed by atoms with Crippen molar-refractivity contribution in [2.24, 2.45) is 0 Å². The fraction of sp³-hybridized carbons (Fsp3) is 0.364. The van der Waals surface area contributed by atoms with Crippen LogP contribution >= 0.6 is 0 Å². The SMILES string of the molecule is C=C1O[C@@](C)(O/C=C/C=O)C(C)=C1C. The molecule has 14 heavy (non-hydrogen) atoms. The Hall–Kier alpha value is -1.51. The van der Waals surface area contributed by atoms with Gasteiger partial charge in [0, 0.05) is 18.6 Å². The first-order valence-electron chi connectivity index (χ1n) is 4.35. The molecule has 0 unspecified atom stereocenters. The van der Waals surface area contributed by atoms with Crippen LogP contribution in [0.2, 0.25) is 0 Å². The minimum absolute atomic E-state index is 0.615. The molecule has 1 atom stereocenters. The molecule has 0 aromatic carbocycles. The lowest BCUT2D eigenvalue weighted by Crippen LogP contribution is -2.27. The van der Waals surface area contributed by atoms with Crippen LogP contribution in [0.1, 0.15) is 20.8 Å². The van der Waals surface area contributed by atoms with Crippen molar-refractivity contribution in [1.82, 2.24) is 0 Å². The maximum absolute atomic E-state index is 10.1. The number of hydrogen-bond acceptors (Lipinski definition) is 3. The molecule has 1 heterocycles. The van der Waals surface area contributed by atoms with Crippen molar-refractivity contribution in [3.8, 4) is 0 Å². The van der Waals surface area contributed by atoms with Gasteiger partial charge in [-0.1, -0.05) is 6.58 Å². The second-order valence-corrected chi connectivity index (χ2v) is 3.30. The van der Waals surface area contributed by atoms with Crippen molar-refractivity contribution in [2.45, 2.75) is 26.6 Å². The highest BCUT2D eigenvalue weighted by atomic mass is 16.7. The average Bonchev–Trinajstić information content (AvgIpc) is 2.32. The van der Waals surface area contributed by atoms with Crippen molar-refractivity contribution in [2.75, 3.05) is 0 Å². The summed E-state index contributed by atoms with van der Waals surface area (Å²) < 4.78 is 10.8. The van der Waals surface area contributed by atoms with Crippen molar-refractivity contribution < 1.29 is 14.3 Å². The van der Waals surface area contributed by atoms with E-state index >= 15 is 0 Å².